The Morgan fingerprint density at radius 1 is 1.25 bits per heavy atom. The summed E-state index contributed by atoms with van der Waals surface area (Å²) in [6, 6.07) is 0.256. The molecular weight excluding hydrogens is 198 g/mol. The molecule has 0 saturated carbocycles. The summed E-state index contributed by atoms with van der Waals surface area (Å²) in [6.45, 7) is 6.05. The first-order valence-corrected chi connectivity index (χ1v) is 5.95. The molecule has 0 radical (unpaired) electrons. The van der Waals surface area contributed by atoms with Crippen molar-refractivity contribution in [3.05, 3.63) is 36.5 Å². The van der Waals surface area contributed by atoms with Gasteiger partial charge in [-0.05, 0) is 39.2 Å². The zero-order valence-electron chi connectivity index (χ0n) is 10.6. The van der Waals surface area contributed by atoms with Crippen molar-refractivity contribution in [1.82, 2.24) is 5.32 Å². The van der Waals surface area contributed by atoms with Crippen LogP contribution in [0.15, 0.2) is 36.5 Å². The van der Waals surface area contributed by atoms with Crippen molar-refractivity contribution in [2.75, 3.05) is 0 Å². The van der Waals surface area contributed by atoms with Crippen molar-refractivity contribution in [3.63, 3.8) is 0 Å². The van der Waals surface area contributed by atoms with Crippen LogP contribution >= 0.6 is 0 Å². The van der Waals surface area contributed by atoms with Crippen molar-refractivity contribution in [1.29, 1.82) is 0 Å². The lowest BCUT2D eigenvalue weighted by Gasteiger charge is -2.08. The number of carbonyl (C=O) groups excluding carboxylic acids is 1. The number of nitrogens with one attached hydrogen (secondary N) is 1. The lowest BCUT2D eigenvalue weighted by atomic mass is 10.2. The van der Waals surface area contributed by atoms with E-state index in [0.717, 1.165) is 19.3 Å². The monoisotopic (exact) mass is 221 g/mol. The second kappa shape index (κ2) is 10.2. The van der Waals surface area contributed by atoms with E-state index in [9.17, 15) is 4.79 Å². The fraction of sp³-hybridized carbons (Fsp3) is 0.500. The van der Waals surface area contributed by atoms with E-state index >= 15 is 0 Å². The van der Waals surface area contributed by atoms with E-state index in [1.54, 1.807) is 6.08 Å². The molecule has 0 rings (SSSR count). The number of allylic oxidation sites excluding steroid dienone is 5. The van der Waals surface area contributed by atoms with Gasteiger partial charge in [-0.1, -0.05) is 37.3 Å². The summed E-state index contributed by atoms with van der Waals surface area (Å²) in [7, 11) is 0. The molecule has 0 heterocycles. The summed E-state index contributed by atoms with van der Waals surface area (Å²) in [5.41, 5.74) is 0. The van der Waals surface area contributed by atoms with Gasteiger partial charge in [0.15, 0.2) is 0 Å². The van der Waals surface area contributed by atoms with Crippen LogP contribution in [0.2, 0.25) is 0 Å². The van der Waals surface area contributed by atoms with Gasteiger partial charge in [0.2, 0.25) is 5.91 Å². The third-order valence-corrected chi connectivity index (χ3v) is 2.21. The highest BCUT2D eigenvalue weighted by molar-refractivity contribution is 5.87. The first kappa shape index (κ1) is 14.7. The molecule has 1 unspecified atom stereocenters. The quantitative estimate of drug-likeness (QED) is 0.398. The largest absolute Gasteiger partial charge is 0.350 e. The van der Waals surface area contributed by atoms with Crippen LogP contribution in [-0.4, -0.2) is 11.9 Å². The van der Waals surface area contributed by atoms with E-state index in [4.69, 9.17) is 0 Å². The van der Waals surface area contributed by atoms with Crippen LogP contribution < -0.4 is 5.32 Å². The van der Waals surface area contributed by atoms with Gasteiger partial charge in [0.1, 0.15) is 0 Å². The second-order valence-corrected chi connectivity index (χ2v) is 3.75. The lowest BCUT2D eigenvalue weighted by Crippen LogP contribution is -2.30. The van der Waals surface area contributed by atoms with Gasteiger partial charge in [-0.3, -0.25) is 4.79 Å². The van der Waals surface area contributed by atoms with Crippen LogP contribution in [-0.2, 0) is 4.79 Å². The average molecular weight is 221 g/mol. The molecule has 0 aliphatic heterocycles. The summed E-state index contributed by atoms with van der Waals surface area (Å²) in [5.74, 6) is 0.00628. The number of unbranched alkanes of at least 4 members (excludes halogenated alkanes) is 1. The van der Waals surface area contributed by atoms with Crippen LogP contribution in [0.5, 0.6) is 0 Å². The van der Waals surface area contributed by atoms with Gasteiger partial charge < -0.3 is 5.32 Å². The zero-order valence-corrected chi connectivity index (χ0v) is 10.6. The molecule has 0 bridgehead atoms. The van der Waals surface area contributed by atoms with E-state index in [-0.39, 0.29) is 11.9 Å². The summed E-state index contributed by atoms with van der Waals surface area (Å²) >= 11 is 0. The fourth-order valence-corrected chi connectivity index (χ4v) is 1.06. The molecular formula is C14H23NO. The molecule has 16 heavy (non-hydrogen) atoms. The van der Waals surface area contributed by atoms with Gasteiger partial charge in [0.05, 0.1) is 0 Å². The van der Waals surface area contributed by atoms with Crippen LogP contribution in [0.4, 0.5) is 0 Å². The Labute approximate surface area is 99.1 Å². The lowest BCUT2D eigenvalue weighted by molar-refractivity contribution is -0.117. The molecule has 0 aliphatic rings. The van der Waals surface area contributed by atoms with E-state index < -0.39 is 0 Å². The van der Waals surface area contributed by atoms with Gasteiger partial charge in [-0.15, -0.1) is 0 Å². The minimum Gasteiger partial charge on any atom is -0.350 e. The standard InChI is InChI=1S/C14H23NO/c1-4-6-7-8-9-10-11-12-14(16)15-13(3)5-2/h4,6-8,11-13H,5,9-10H2,1-3H3,(H,15,16)/b6-4+,8-7-,12-11+. The van der Waals surface area contributed by atoms with Crippen LogP contribution in [0.1, 0.15) is 40.0 Å². The average Bonchev–Trinajstić information content (AvgIpc) is 2.27. The first-order chi connectivity index (χ1) is 7.70. The fourth-order valence-electron chi connectivity index (χ4n) is 1.06. The molecule has 1 atom stereocenters. The van der Waals surface area contributed by atoms with E-state index in [1.807, 2.05) is 38.2 Å². The summed E-state index contributed by atoms with van der Waals surface area (Å²) in [6.07, 6.45) is 14.5. The maximum atomic E-state index is 11.3. The minimum atomic E-state index is 0.00628. The zero-order chi connectivity index (χ0) is 12.2. The minimum absolute atomic E-state index is 0.00628. The molecule has 0 aromatic carbocycles. The molecule has 90 valence electrons. The van der Waals surface area contributed by atoms with Crippen molar-refractivity contribution < 1.29 is 4.79 Å². The van der Waals surface area contributed by atoms with Crippen LogP contribution in [0, 0.1) is 0 Å². The Kier molecular flexibility index (Phi) is 9.38. The third kappa shape index (κ3) is 9.25. The Hall–Kier alpha value is -1.31. The highest BCUT2D eigenvalue weighted by atomic mass is 16.1. The Bertz CT molecular complexity index is 264. The summed E-state index contributed by atoms with van der Waals surface area (Å²) in [5, 5.41) is 2.89. The normalized spacial score (nSPS) is 13.9. The van der Waals surface area contributed by atoms with Crippen LogP contribution in [0.25, 0.3) is 0 Å². The highest BCUT2D eigenvalue weighted by Gasteiger charge is 1.99. The molecule has 1 amide bonds. The van der Waals surface area contributed by atoms with Gasteiger partial charge in [-0.2, -0.15) is 0 Å². The van der Waals surface area contributed by atoms with E-state index in [2.05, 4.69) is 18.3 Å². The molecule has 0 aliphatic carbocycles. The smallest absolute Gasteiger partial charge is 0.243 e. The van der Waals surface area contributed by atoms with Crippen molar-refractivity contribution in [2.24, 2.45) is 0 Å². The van der Waals surface area contributed by atoms with E-state index in [0.29, 0.717) is 0 Å². The SMILES string of the molecule is C/C=C/C=C\CC/C=C/C(=O)NC(C)CC. The molecule has 1 N–H and O–H groups in total. The van der Waals surface area contributed by atoms with Crippen molar-refractivity contribution >= 4 is 5.91 Å². The van der Waals surface area contributed by atoms with Gasteiger partial charge >= 0.3 is 0 Å². The van der Waals surface area contributed by atoms with E-state index in [1.165, 1.54) is 0 Å². The molecule has 0 fully saturated rings. The Morgan fingerprint density at radius 3 is 2.56 bits per heavy atom. The third-order valence-electron chi connectivity index (χ3n) is 2.21. The summed E-state index contributed by atoms with van der Waals surface area (Å²) < 4.78 is 0. The number of rotatable bonds is 7. The molecule has 0 spiro atoms. The van der Waals surface area contributed by atoms with Gasteiger partial charge in [-0.25, -0.2) is 0 Å². The molecule has 0 aromatic rings. The maximum absolute atomic E-state index is 11.3. The predicted molar refractivity (Wildman–Crippen MR) is 70.2 cm³/mol. The predicted octanol–water partition coefficient (Wildman–Crippen LogP) is 3.37. The Balaban J connectivity index is 3.64. The second-order valence-electron chi connectivity index (χ2n) is 3.75. The number of hydrogen-bond donors (Lipinski definition) is 1. The highest BCUT2D eigenvalue weighted by Crippen LogP contribution is 1.94. The molecule has 2 nitrogen and oxygen atoms in total. The molecule has 2 heteroatoms. The molecule has 0 aromatic heterocycles. The topological polar surface area (TPSA) is 29.1 Å². The number of amides is 1. The van der Waals surface area contributed by atoms with Crippen molar-refractivity contribution in [3.8, 4) is 0 Å². The number of carbonyl (C=O) groups is 1. The van der Waals surface area contributed by atoms with Crippen molar-refractivity contribution in [2.45, 2.75) is 46.1 Å². The summed E-state index contributed by atoms with van der Waals surface area (Å²) in [4.78, 5) is 11.3. The molecule has 0 saturated heterocycles. The Morgan fingerprint density at radius 2 is 1.94 bits per heavy atom. The first-order valence-electron chi connectivity index (χ1n) is 5.95. The van der Waals surface area contributed by atoms with Gasteiger partial charge in [0, 0.05) is 6.04 Å². The maximum Gasteiger partial charge on any atom is 0.243 e. The van der Waals surface area contributed by atoms with Gasteiger partial charge in [0.25, 0.3) is 0 Å². The number of hydrogen-bond acceptors (Lipinski definition) is 1. The van der Waals surface area contributed by atoms with Crippen LogP contribution in [0.3, 0.4) is 0 Å².